The zero-order valence-electron chi connectivity index (χ0n) is 24.3. The quantitative estimate of drug-likeness (QED) is 0.206. The third kappa shape index (κ3) is 10.1. The van der Waals surface area contributed by atoms with Crippen molar-refractivity contribution in [2.45, 2.75) is 51.4 Å². The van der Waals surface area contributed by atoms with Crippen LogP contribution in [-0.4, -0.2) is 50.5 Å². The molecule has 13 heteroatoms. The molecule has 1 atom stereocenters. The lowest BCUT2D eigenvalue weighted by molar-refractivity contribution is -0.141. The van der Waals surface area contributed by atoms with Crippen molar-refractivity contribution in [2.75, 3.05) is 23.7 Å². The van der Waals surface area contributed by atoms with Crippen LogP contribution < -0.4 is 9.62 Å². The standard InChI is InChI=1S/C31H34Cl2F3N3O4S/c1-3-16-37-30(41)28(19-22-9-5-4-6-10-22)38(21-23-14-15-26(32)27(33)18-23)29(40)13-8-17-39(44(2,42)43)25-12-7-11-24(20-25)31(34,35)36/h4-7,9-12,14-15,18,20,28H,3,8,13,16-17,19,21H2,1-2H3,(H,37,41). The summed E-state index contributed by atoms with van der Waals surface area (Å²) in [4.78, 5) is 28.7. The second-order valence-electron chi connectivity index (χ2n) is 10.3. The summed E-state index contributed by atoms with van der Waals surface area (Å²) in [5.41, 5.74) is 0.289. The fourth-order valence-corrected chi connectivity index (χ4v) is 5.87. The van der Waals surface area contributed by atoms with Crippen LogP contribution in [0.25, 0.3) is 0 Å². The molecule has 3 aromatic rings. The van der Waals surface area contributed by atoms with Crippen molar-refractivity contribution in [3.05, 3.63) is 99.5 Å². The van der Waals surface area contributed by atoms with Gasteiger partial charge in [-0.05, 0) is 54.3 Å². The number of carbonyl (C=O) groups is 2. The summed E-state index contributed by atoms with van der Waals surface area (Å²) >= 11 is 12.3. The lowest BCUT2D eigenvalue weighted by Crippen LogP contribution is -2.50. The second-order valence-corrected chi connectivity index (χ2v) is 13.0. The summed E-state index contributed by atoms with van der Waals surface area (Å²) in [6.07, 6.45) is -3.08. The zero-order chi connectivity index (χ0) is 32.5. The van der Waals surface area contributed by atoms with E-state index >= 15 is 0 Å². The number of anilines is 1. The molecular formula is C31H34Cl2F3N3O4S. The molecule has 3 aromatic carbocycles. The number of nitrogens with one attached hydrogen (secondary N) is 1. The molecule has 1 unspecified atom stereocenters. The molecule has 3 rings (SSSR count). The van der Waals surface area contributed by atoms with E-state index < -0.39 is 33.7 Å². The molecule has 0 fully saturated rings. The maximum atomic E-state index is 13.8. The van der Waals surface area contributed by atoms with Gasteiger partial charge >= 0.3 is 6.18 Å². The maximum Gasteiger partial charge on any atom is 0.416 e. The van der Waals surface area contributed by atoms with Gasteiger partial charge in [-0.1, -0.05) is 72.6 Å². The Morgan fingerprint density at radius 3 is 2.25 bits per heavy atom. The van der Waals surface area contributed by atoms with Crippen LogP contribution in [0.15, 0.2) is 72.8 Å². The highest BCUT2D eigenvalue weighted by atomic mass is 35.5. The molecule has 0 spiro atoms. The van der Waals surface area contributed by atoms with Crippen LogP contribution in [0.5, 0.6) is 0 Å². The predicted molar refractivity (Wildman–Crippen MR) is 167 cm³/mol. The number of nitrogens with zero attached hydrogens (tertiary/aromatic N) is 2. The van der Waals surface area contributed by atoms with Crippen molar-refractivity contribution >= 4 is 50.7 Å². The summed E-state index contributed by atoms with van der Waals surface area (Å²) < 4.78 is 65.9. The molecule has 7 nitrogen and oxygen atoms in total. The van der Waals surface area contributed by atoms with Crippen LogP contribution in [0.4, 0.5) is 18.9 Å². The van der Waals surface area contributed by atoms with Gasteiger partial charge in [0.25, 0.3) is 0 Å². The van der Waals surface area contributed by atoms with Gasteiger partial charge in [0.05, 0.1) is 27.6 Å². The van der Waals surface area contributed by atoms with Gasteiger partial charge < -0.3 is 10.2 Å². The number of benzene rings is 3. The topological polar surface area (TPSA) is 86.8 Å². The molecule has 44 heavy (non-hydrogen) atoms. The number of alkyl halides is 3. The van der Waals surface area contributed by atoms with Gasteiger partial charge in [0.2, 0.25) is 21.8 Å². The Balaban J connectivity index is 1.91. The Kier molecular flexibility index (Phi) is 12.5. The summed E-state index contributed by atoms with van der Waals surface area (Å²) in [5.74, 6) is -0.799. The molecule has 2 amide bonds. The Morgan fingerprint density at radius 1 is 0.932 bits per heavy atom. The maximum absolute atomic E-state index is 13.8. The number of amides is 2. The second kappa shape index (κ2) is 15.6. The van der Waals surface area contributed by atoms with Gasteiger partial charge in [-0.25, -0.2) is 8.42 Å². The monoisotopic (exact) mass is 671 g/mol. The highest BCUT2D eigenvalue weighted by Crippen LogP contribution is 2.32. The minimum atomic E-state index is -4.66. The molecule has 0 heterocycles. The van der Waals surface area contributed by atoms with Crippen molar-refractivity contribution in [2.24, 2.45) is 0 Å². The average molecular weight is 673 g/mol. The normalized spacial score (nSPS) is 12.4. The van der Waals surface area contributed by atoms with Crippen molar-refractivity contribution in [3.8, 4) is 0 Å². The van der Waals surface area contributed by atoms with Crippen LogP contribution in [-0.2, 0) is 38.8 Å². The first-order chi connectivity index (χ1) is 20.7. The smallest absolute Gasteiger partial charge is 0.354 e. The number of carbonyl (C=O) groups excluding carboxylic acids is 2. The van der Waals surface area contributed by atoms with Crippen molar-refractivity contribution in [3.63, 3.8) is 0 Å². The molecule has 238 valence electrons. The van der Waals surface area contributed by atoms with E-state index in [1.54, 1.807) is 18.2 Å². The minimum absolute atomic E-state index is 0.0101. The van der Waals surface area contributed by atoms with E-state index in [0.29, 0.717) is 23.6 Å². The van der Waals surface area contributed by atoms with Gasteiger partial charge in [0, 0.05) is 32.5 Å². The van der Waals surface area contributed by atoms with E-state index in [4.69, 9.17) is 23.2 Å². The van der Waals surface area contributed by atoms with Crippen molar-refractivity contribution in [1.29, 1.82) is 0 Å². The molecule has 0 aliphatic heterocycles. The first kappa shape index (κ1) is 35.2. The highest BCUT2D eigenvalue weighted by Gasteiger charge is 2.32. The average Bonchev–Trinajstić information content (AvgIpc) is 2.97. The summed E-state index contributed by atoms with van der Waals surface area (Å²) in [7, 11) is -3.99. The van der Waals surface area contributed by atoms with Crippen LogP contribution >= 0.6 is 23.2 Å². The van der Waals surface area contributed by atoms with Gasteiger partial charge in [0.15, 0.2) is 0 Å². The molecule has 0 radical (unpaired) electrons. The molecule has 0 saturated heterocycles. The number of hydrogen-bond acceptors (Lipinski definition) is 4. The first-order valence-corrected chi connectivity index (χ1v) is 16.5. The minimum Gasteiger partial charge on any atom is -0.354 e. The van der Waals surface area contributed by atoms with E-state index in [0.717, 1.165) is 34.3 Å². The van der Waals surface area contributed by atoms with Crippen LogP contribution in [0.3, 0.4) is 0 Å². The van der Waals surface area contributed by atoms with E-state index in [1.165, 1.54) is 11.0 Å². The Labute approximate surface area is 266 Å². The van der Waals surface area contributed by atoms with Gasteiger partial charge in [-0.3, -0.25) is 13.9 Å². The van der Waals surface area contributed by atoms with E-state index in [2.05, 4.69) is 5.32 Å². The van der Waals surface area contributed by atoms with Gasteiger partial charge in [-0.15, -0.1) is 0 Å². The third-order valence-corrected chi connectivity index (χ3v) is 8.70. The number of halogens is 5. The van der Waals surface area contributed by atoms with Crippen LogP contribution in [0.2, 0.25) is 10.0 Å². The summed E-state index contributed by atoms with van der Waals surface area (Å²) in [5, 5.41) is 3.47. The molecule has 0 aliphatic rings. The van der Waals surface area contributed by atoms with Crippen molar-refractivity contribution in [1.82, 2.24) is 10.2 Å². The SMILES string of the molecule is CCCNC(=O)C(Cc1ccccc1)N(Cc1ccc(Cl)c(Cl)c1)C(=O)CCCN(c1cccc(C(F)(F)F)c1)S(C)(=O)=O. The zero-order valence-corrected chi connectivity index (χ0v) is 26.6. The summed E-state index contributed by atoms with van der Waals surface area (Å²) in [6, 6.07) is 17.2. The number of rotatable bonds is 14. The lowest BCUT2D eigenvalue weighted by Gasteiger charge is -2.32. The van der Waals surface area contributed by atoms with Gasteiger partial charge in [0.1, 0.15) is 6.04 Å². The molecular weight excluding hydrogens is 638 g/mol. The Morgan fingerprint density at radius 2 is 1.64 bits per heavy atom. The predicted octanol–water partition coefficient (Wildman–Crippen LogP) is 6.72. The Bertz CT molecular complexity index is 1540. The third-order valence-electron chi connectivity index (χ3n) is 6.77. The largest absolute Gasteiger partial charge is 0.416 e. The fourth-order valence-electron chi connectivity index (χ4n) is 4.60. The number of sulfonamides is 1. The molecule has 0 bridgehead atoms. The van der Waals surface area contributed by atoms with Crippen molar-refractivity contribution < 1.29 is 31.2 Å². The Hall–Kier alpha value is -3.28. The first-order valence-electron chi connectivity index (χ1n) is 13.9. The molecule has 1 N–H and O–H groups in total. The fraction of sp³-hybridized carbons (Fsp3) is 0.355. The molecule has 0 aliphatic carbocycles. The number of hydrogen-bond donors (Lipinski definition) is 1. The van der Waals surface area contributed by atoms with E-state index in [-0.39, 0.29) is 49.0 Å². The van der Waals surface area contributed by atoms with E-state index in [9.17, 15) is 31.2 Å². The van der Waals surface area contributed by atoms with Gasteiger partial charge in [-0.2, -0.15) is 13.2 Å². The van der Waals surface area contributed by atoms with Crippen LogP contribution in [0, 0.1) is 0 Å². The van der Waals surface area contributed by atoms with E-state index in [1.807, 2.05) is 37.3 Å². The molecule has 0 aromatic heterocycles. The van der Waals surface area contributed by atoms with Crippen LogP contribution in [0.1, 0.15) is 42.9 Å². The highest BCUT2D eigenvalue weighted by molar-refractivity contribution is 7.92. The lowest BCUT2D eigenvalue weighted by atomic mass is 10.0. The summed E-state index contributed by atoms with van der Waals surface area (Å²) in [6.45, 7) is 2.07. The molecule has 0 saturated carbocycles.